The van der Waals surface area contributed by atoms with Crippen LogP contribution >= 0.6 is 0 Å². The van der Waals surface area contributed by atoms with E-state index in [0.717, 1.165) is 12.3 Å². The van der Waals surface area contributed by atoms with Gasteiger partial charge in [0.15, 0.2) is 0 Å². The Morgan fingerprint density at radius 1 is 1.27 bits per heavy atom. The Morgan fingerprint density at radius 2 is 1.91 bits per heavy atom. The molecule has 0 amide bonds. The molecule has 2 aliphatic carbocycles. The lowest BCUT2D eigenvalue weighted by Gasteiger charge is -2.35. The maximum Gasteiger partial charge on any atom is 0.0991 e. The summed E-state index contributed by atoms with van der Waals surface area (Å²) in [5, 5.41) is 11.7. The zero-order valence-corrected chi connectivity index (χ0v) is 7.68. The summed E-state index contributed by atoms with van der Waals surface area (Å²) in [5.41, 5.74) is 0.428. The fraction of sp³-hybridized carbons (Fsp3) is 1.00. The zero-order valence-electron chi connectivity index (χ0n) is 7.68. The van der Waals surface area contributed by atoms with Crippen LogP contribution < -0.4 is 0 Å². The van der Waals surface area contributed by atoms with Crippen molar-refractivity contribution in [2.75, 3.05) is 0 Å². The topological polar surface area (TPSA) is 19.9 Å². The number of hydrogen-bond acceptors (Lipinski definition) is 0. The Kier molecular flexibility index (Phi) is 1.26. The SMILES string of the molecule is CC1(C)C2CCC1(C)C([O])C2. The predicted octanol–water partition coefficient (Wildman–Crippen LogP) is 2.63. The average Bonchev–Trinajstić information content (AvgIpc) is 2.20. The van der Waals surface area contributed by atoms with Crippen LogP contribution in [0.1, 0.15) is 40.0 Å². The normalized spacial score (nSPS) is 53.5. The van der Waals surface area contributed by atoms with Crippen LogP contribution in [0.25, 0.3) is 0 Å². The van der Waals surface area contributed by atoms with Gasteiger partial charge in [-0.15, -0.1) is 0 Å². The molecule has 2 bridgehead atoms. The average molecular weight is 153 g/mol. The van der Waals surface area contributed by atoms with Crippen molar-refractivity contribution in [2.24, 2.45) is 16.7 Å². The molecule has 11 heavy (non-hydrogen) atoms. The van der Waals surface area contributed by atoms with Gasteiger partial charge in [0.1, 0.15) is 0 Å². The molecule has 3 atom stereocenters. The Bertz CT molecular complexity index is 185. The third-order valence-corrected chi connectivity index (χ3v) is 4.71. The Balaban J connectivity index is 2.40. The van der Waals surface area contributed by atoms with Crippen molar-refractivity contribution in [1.82, 2.24) is 0 Å². The number of rotatable bonds is 0. The monoisotopic (exact) mass is 153 g/mol. The van der Waals surface area contributed by atoms with Crippen LogP contribution in [0.5, 0.6) is 0 Å². The molecule has 0 saturated heterocycles. The molecular weight excluding hydrogens is 136 g/mol. The lowest BCUT2D eigenvalue weighted by atomic mass is 9.70. The molecule has 2 aliphatic rings. The molecule has 0 heterocycles. The third-order valence-electron chi connectivity index (χ3n) is 4.71. The van der Waals surface area contributed by atoms with Crippen molar-refractivity contribution in [3.05, 3.63) is 0 Å². The van der Waals surface area contributed by atoms with E-state index >= 15 is 0 Å². The van der Waals surface area contributed by atoms with Gasteiger partial charge in [0.25, 0.3) is 0 Å². The van der Waals surface area contributed by atoms with Crippen LogP contribution in [0, 0.1) is 16.7 Å². The molecule has 1 nitrogen and oxygen atoms in total. The van der Waals surface area contributed by atoms with E-state index in [4.69, 9.17) is 0 Å². The van der Waals surface area contributed by atoms with Crippen molar-refractivity contribution in [3.8, 4) is 0 Å². The minimum absolute atomic E-state index is 0.109. The summed E-state index contributed by atoms with van der Waals surface area (Å²) >= 11 is 0. The maximum atomic E-state index is 11.7. The molecule has 0 aromatic carbocycles. The zero-order chi connectivity index (χ0) is 8.28. The molecule has 3 unspecified atom stereocenters. The van der Waals surface area contributed by atoms with Crippen LogP contribution in [0.4, 0.5) is 0 Å². The lowest BCUT2D eigenvalue weighted by molar-refractivity contribution is -0.0344. The van der Waals surface area contributed by atoms with Crippen LogP contribution in [0.15, 0.2) is 0 Å². The molecule has 63 valence electrons. The molecule has 0 aliphatic heterocycles. The van der Waals surface area contributed by atoms with E-state index in [1.807, 2.05) is 0 Å². The second kappa shape index (κ2) is 1.82. The summed E-state index contributed by atoms with van der Waals surface area (Å²) in [6, 6.07) is 0. The second-order valence-corrected chi connectivity index (χ2v) is 5.10. The summed E-state index contributed by atoms with van der Waals surface area (Å²) < 4.78 is 0. The molecule has 1 heteroatoms. The highest BCUT2D eigenvalue weighted by atomic mass is 16.3. The second-order valence-electron chi connectivity index (χ2n) is 5.10. The third kappa shape index (κ3) is 0.658. The van der Waals surface area contributed by atoms with Crippen LogP contribution in [-0.2, 0) is 5.11 Å². The van der Waals surface area contributed by atoms with Gasteiger partial charge < -0.3 is 0 Å². The van der Waals surface area contributed by atoms with Gasteiger partial charge in [-0.05, 0) is 30.6 Å². The molecule has 0 aromatic heterocycles. The van der Waals surface area contributed by atoms with Gasteiger partial charge in [-0.2, -0.15) is 0 Å². The Morgan fingerprint density at radius 3 is 2.09 bits per heavy atom. The fourth-order valence-corrected chi connectivity index (χ4v) is 3.13. The van der Waals surface area contributed by atoms with Crippen LogP contribution in [0.3, 0.4) is 0 Å². The maximum absolute atomic E-state index is 11.7. The molecule has 2 fully saturated rings. The van der Waals surface area contributed by atoms with Gasteiger partial charge in [0.05, 0.1) is 6.10 Å². The van der Waals surface area contributed by atoms with Crippen LogP contribution in [0.2, 0.25) is 0 Å². The minimum atomic E-state index is -0.281. The van der Waals surface area contributed by atoms with Gasteiger partial charge in [0, 0.05) is 5.41 Å². The van der Waals surface area contributed by atoms with Crippen molar-refractivity contribution in [2.45, 2.75) is 46.1 Å². The van der Waals surface area contributed by atoms with Gasteiger partial charge >= 0.3 is 0 Å². The summed E-state index contributed by atoms with van der Waals surface area (Å²) in [5.74, 6) is 0.718. The first-order valence-corrected chi connectivity index (χ1v) is 4.64. The Labute approximate surface area is 68.8 Å². The van der Waals surface area contributed by atoms with E-state index in [2.05, 4.69) is 20.8 Å². The summed E-state index contributed by atoms with van der Waals surface area (Å²) in [4.78, 5) is 0. The smallest absolute Gasteiger partial charge is 0.0991 e. The van der Waals surface area contributed by atoms with Crippen molar-refractivity contribution < 1.29 is 5.11 Å². The predicted molar refractivity (Wildman–Crippen MR) is 43.7 cm³/mol. The summed E-state index contributed by atoms with van der Waals surface area (Å²) in [6.45, 7) is 6.75. The summed E-state index contributed by atoms with van der Waals surface area (Å²) in [7, 11) is 0. The van der Waals surface area contributed by atoms with Crippen molar-refractivity contribution in [1.29, 1.82) is 0 Å². The van der Waals surface area contributed by atoms with Crippen LogP contribution in [-0.4, -0.2) is 6.10 Å². The van der Waals surface area contributed by atoms with E-state index in [1.165, 1.54) is 12.8 Å². The van der Waals surface area contributed by atoms with Crippen molar-refractivity contribution >= 4 is 0 Å². The lowest BCUT2D eigenvalue weighted by Crippen LogP contribution is -2.34. The van der Waals surface area contributed by atoms with E-state index in [0.29, 0.717) is 5.41 Å². The first-order valence-electron chi connectivity index (χ1n) is 4.64. The van der Waals surface area contributed by atoms with E-state index in [-0.39, 0.29) is 11.5 Å². The molecule has 1 radical (unpaired) electrons. The first-order chi connectivity index (χ1) is 4.98. The Hall–Kier alpha value is -0.0400. The molecule has 0 aromatic rings. The highest BCUT2D eigenvalue weighted by Gasteiger charge is 2.61. The molecule has 2 rings (SSSR count). The van der Waals surface area contributed by atoms with E-state index < -0.39 is 0 Å². The van der Waals surface area contributed by atoms with Gasteiger partial charge in [0.2, 0.25) is 0 Å². The van der Waals surface area contributed by atoms with E-state index in [9.17, 15) is 5.11 Å². The molecule has 0 spiro atoms. The van der Waals surface area contributed by atoms with Crippen molar-refractivity contribution in [3.63, 3.8) is 0 Å². The van der Waals surface area contributed by atoms with E-state index in [1.54, 1.807) is 0 Å². The van der Waals surface area contributed by atoms with Gasteiger partial charge in [-0.25, -0.2) is 5.11 Å². The highest BCUT2D eigenvalue weighted by molar-refractivity contribution is 5.10. The van der Waals surface area contributed by atoms with Gasteiger partial charge in [-0.3, -0.25) is 0 Å². The highest BCUT2D eigenvalue weighted by Crippen LogP contribution is 2.65. The molecular formula is C10H17O. The van der Waals surface area contributed by atoms with Gasteiger partial charge in [-0.1, -0.05) is 20.8 Å². The largest absolute Gasteiger partial charge is 0.232 e. The summed E-state index contributed by atoms with van der Waals surface area (Å²) in [6.07, 6.45) is 3.11. The molecule has 2 saturated carbocycles. The number of hydrogen-bond donors (Lipinski definition) is 0. The standard InChI is InChI=1S/C10H17O/c1-9(2)7-4-5-10(9,3)8(11)6-7/h7-8H,4-6H2,1-3H3. The fourth-order valence-electron chi connectivity index (χ4n) is 3.13. The first kappa shape index (κ1) is 7.60. The molecule has 0 N–H and O–H groups in total. The quantitative estimate of drug-likeness (QED) is 0.510. The number of fused-ring (bicyclic) bond motifs is 2. The minimum Gasteiger partial charge on any atom is -0.232 e.